The smallest absolute Gasteiger partial charge is 0.104 e. The lowest BCUT2D eigenvalue weighted by Gasteiger charge is -2.17. The highest BCUT2D eigenvalue weighted by Crippen LogP contribution is 1.94. The molecule has 0 bridgehead atoms. The topological polar surface area (TPSA) is 106 Å². The molecule has 0 aromatic heterocycles. The molecule has 15 heavy (non-hydrogen) atoms. The van der Waals surface area contributed by atoms with E-state index in [0.29, 0.717) is 52.7 Å². The second kappa shape index (κ2) is 11.8. The standard InChI is InChI=1S/C9H23N3O3/c10-1-4-13-7-9(15-6-3-12)8-14-5-2-11/h9H,1-8,10-12H2. The molecule has 0 spiro atoms. The SMILES string of the molecule is NCCOCC(COCCN)OCCN. The normalized spacial score (nSPS) is 11.2. The molecule has 0 rings (SSSR count). The molecule has 6 N–H and O–H groups in total. The Kier molecular flexibility index (Phi) is 11.6. The summed E-state index contributed by atoms with van der Waals surface area (Å²) in [4.78, 5) is 0. The van der Waals surface area contributed by atoms with Crippen LogP contribution < -0.4 is 17.2 Å². The van der Waals surface area contributed by atoms with Crippen LogP contribution in [0.15, 0.2) is 0 Å². The average Bonchev–Trinajstić information content (AvgIpc) is 2.25. The minimum Gasteiger partial charge on any atom is -0.377 e. The fraction of sp³-hybridized carbons (Fsp3) is 1.00. The summed E-state index contributed by atoms with van der Waals surface area (Å²) in [6.45, 7) is 4.01. The van der Waals surface area contributed by atoms with Crippen LogP contribution in [0.4, 0.5) is 0 Å². The quantitative estimate of drug-likeness (QED) is 0.358. The summed E-state index contributed by atoms with van der Waals surface area (Å²) >= 11 is 0. The first-order chi connectivity index (χ1) is 7.35. The Morgan fingerprint density at radius 1 is 0.733 bits per heavy atom. The molecule has 0 saturated heterocycles. The molecule has 0 aromatic rings. The zero-order chi connectivity index (χ0) is 11.4. The van der Waals surface area contributed by atoms with Crippen LogP contribution in [0.5, 0.6) is 0 Å². The molecule has 0 atom stereocenters. The molecule has 0 unspecified atom stereocenters. The molecule has 6 heteroatoms. The number of ether oxygens (including phenoxy) is 3. The molecular formula is C9H23N3O3. The average molecular weight is 221 g/mol. The maximum atomic E-state index is 5.43. The molecule has 0 heterocycles. The van der Waals surface area contributed by atoms with E-state index in [1.54, 1.807) is 0 Å². The van der Waals surface area contributed by atoms with Crippen molar-refractivity contribution < 1.29 is 14.2 Å². The summed E-state index contributed by atoms with van der Waals surface area (Å²) in [5, 5.41) is 0. The van der Waals surface area contributed by atoms with Gasteiger partial charge in [0.1, 0.15) is 6.10 Å². The van der Waals surface area contributed by atoms with Gasteiger partial charge in [0.2, 0.25) is 0 Å². The Balaban J connectivity index is 3.53. The van der Waals surface area contributed by atoms with E-state index < -0.39 is 0 Å². The lowest BCUT2D eigenvalue weighted by Crippen LogP contribution is -2.30. The van der Waals surface area contributed by atoms with Gasteiger partial charge in [-0.15, -0.1) is 0 Å². The van der Waals surface area contributed by atoms with Gasteiger partial charge in [0.25, 0.3) is 0 Å². The molecule has 0 aliphatic rings. The van der Waals surface area contributed by atoms with E-state index in [9.17, 15) is 0 Å². The lowest BCUT2D eigenvalue weighted by molar-refractivity contribution is -0.0554. The van der Waals surface area contributed by atoms with E-state index in [-0.39, 0.29) is 6.10 Å². The first-order valence-corrected chi connectivity index (χ1v) is 5.22. The van der Waals surface area contributed by atoms with E-state index in [2.05, 4.69) is 0 Å². The fourth-order valence-corrected chi connectivity index (χ4v) is 0.975. The van der Waals surface area contributed by atoms with Crippen LogP contribution in [0.25, 0.3) is 0 Å². The van der Waals surface area contributed by atoms with Crippen molar-refractivity contribution in [2.24, 2.45) is 17.2 Å². The summed E-state index contributed by atoms with van der Waals surface area (Å²) in [7, 11) is 0. The second-order valence-corrected chi connectivity index (χ2v) is 3.01. The Hall–Kier alpha value is -0.240. The van der Waals surface area contributed by atoms with Gasteiger partial charge in [-0.25, -0.2) is 0 Å². The number of rotatable bonds is 11. The first-order valence-electron chi connectivity index (χ1n) is 5.22. The van der Waals surface area contributed by atoms with Crippen molar-refractivity contribution in [3.8, 4) is 0 Å². The molecule has 0 aliphatic carbocycles. The third-order valence-electron chi connectivity index (χ3n) is 1.60. The third kappa shape index (κ3) is 10.1. The zero-order valence-electron chi connectivity index (χ0n) is 9.19. The highest BCUT2D eigenvalue weighted by Gasteiger charge is 2.08. The minimum absolute atomic E-state index is 0.0911. The van der Waals surface area contributed by atoms with E-state index in [4.69, 9.17) is 31.4 Å². The molecule has 0 aliphatic heterocycles. The van der Waals surface area contributed by atoms with Gasteiger partial charge in [0.15, 0.2) is 0 Å². The molecular weight excluding hydrogens is 198 g/mol. The Labute approximate surface area is 91.0 Å². The van der Waals surface area contributed by atoms with Crippen LogP contribution in [-0.4, -0.2) is 58.8 Å². The molecule has 0 radical (unpaired) electrons. The maximum absolute atomic E-state index is 5.43. The van der Waals surface area contributed by atoms with Crippen molar-refractivity contribution in [2.75, 3.05) is 52.7 Å². The summed E-state index contributed by atoms with van der Waals surface area (Å²) in [6.07, 6.45) is -0.0911. The fourth-order valence-electron chi connectivity index (χ4n) is 0.975. The highest BCUT2D eigenvalue weighted by atomic mass is 16.6. The largest absolute Gasteiger partial charge is 0.377 e. The summed E-state index contributed by atoms with van der Waals surface area (Å²) in [5.74, 6) is 0. The van der Waals surface area contributed by atoms with E-state index >= 15 is 0 Å². The predicted octanol–water partition coefficient (Wildman–Crippen LogP) is -1.72. The highest BCUT2D eigenvalue weighted by molar-refractivity contribution is 4.56. The van der Waals surface area contributed by atoms with Gasteiger partial charge in [0, 0.05) is 19.6 Å². The number of hydrogen-bond acceptors (Lipinski definition) is 6. The monoisotopic (exact) mass is 221 g/mol. The molecule has 0 saturated carbocycles. The van der Waals surface area contributed by atoms with E-state index in [0.717, 1.165) is 0 Å². The van der Waals surface area contributed by atoms with Gasteiger partial charge in [-0.05, 0) is 0 Å². The van der Waals surface area contributed by atoms with Crippen LogP contribution >= 0.6 is 0 Å². The Bertz CT molecular complexity index is 117. The number of nitrogens with two attached hydrogens (primary N) is 3. The van der Waals surface area contributed by atoms with E-state index in [1.165, 1.54) is 0 Å². The van der Waals surface area contributed by atoms with Crippen molar-refractivity contribution >= 4 is 0 Å². The van der Waals surface area contributed by atoms with Gasteiger partial charge < -0.3 is 31.4 Å². The summed E-state index contributed by atoms with van der Waals surface area (Å²) < 4.78 is 16.0. The molecule has 0 fully saturated rings. The van der Waals surface area contributed by atoms with Gasteiger partial charge in [-0.1, -0.05) is 0 Å². The van der Waals surface area contributed by atoms with Crippen LogP contribution in [0.1, 0.15) is 0 Å². The minimum atomic E-state index is -0.0911. The Morgan fingerprint density at radius 2 is 1.20 bits per heavy atom. The summed E-state index contributed by atoms with van der Waals surface area (Å²) in [6, 6.07) is 0. The van der Waals surface area contributed by atoms with E-state index in [1.807, 2.05) is 0 Å². The second-order valence-electron chi connectivity index (χ2n) is 3.01. The molecule has 92 valence electrons. The zero-order valence-corrected chi connectivity index (χ0v) is 9.19. The Morgan fingerprint density at radius 3 is 1.60 bits per heavy atom. The van der Waals surface area contributed by atoms with Gasteiger partial charge in [-0.3, -0.25) is 0 Å². The van der Waals surface area contributed by atoms with Crippen molar-refractivity contribution in [1.82, 2.24) is 0 Å². The maximum Gasteiger partial charge on any atom is 0.104 e. The van der Waals surface area contributed by atoms with Crippen molar-refractivity contribution in [1.29, 1.82) is 0 Å². The van der Waals surface area contributed by atoms with Crippen molar-refractivity contribution in [3.63, 3.8) is 0 Å². The van der Waals surface area contributed by atoms with Crippen LogP contribution in [0, 0.1) is 0 Å². The van der Waals surface area contributed by atoms with Crippen molar-refractivity contribution in [3.05, 3.63) is 0 Å². The third-order valence-corrected chi connectivity index (χ3v) is 1.60. The van der Waals surface area contributed by atoms with Gasteiger partial charge in [-0.2, -0.15) is 0 Å². The molecule has 0 aromatic carbocycles. The van der Waals surface area contributed by atoms with Crippen LogP contribution in [0.3, 0.4) is 0 Å². The number of hydrogen-bond donors (Lipinski definition) is 3. The van der Waals surface area contributed by atoms with Crippen LogP contribution in [0.2, 0.25) is 0 Å². The molecule has 6 nitrogen and oxygen atoms in total. The molecule has 0 amide bonds. The van der Waals surface area contributed by atoms with Gasteiger partial charge in [0.05, 0.1) is 33.0 Å². The van der Waals surface area contributed by atoms with Crippen LogP contribution in [-0.2, 0) is 14.2 Å². The summed E-state index contributed by atoms with van der Waals surface area (Å²) in [5.41, 5.74) is 15.9. The first kappa shape index (κ1) is 14.8. The predicted molar refractivity (Wildman–Crippen MR) is 58.5 cm³/mol. The lowest BCUT2D eigenvalue weighted by atomic mass is 10.4. The van der Waals surface area contributed by atoms with Gasteiger partial charge >= 0.3 is 0 Å². The van der Waals surface area contributed by atoms with Crippen molar-refractivity contribution in [2.45, 2.75) is 6.10 Å².